The summed E-state index contributed by atoms with van der Waals surface area (Å²) in [5.41, 5.74) is 1.73. The van der Waals surface area contributed by atoms with Crippen LogP contribution in [0.5, 0.6) is 0 Å². The lowest BCUT2D eigenvalue weighted by atomic mass is 10.4. The molecule has 0 atom stereocenters. The molecule has 0 bridgehead atoms. The number of nitrogens with zero attached hydrogens (tertiary/aromatic N) is 5. The number of imidazole rings is 1. The highest BCUT2D eigenvalue weighted by Crippen LogP contribution is 2.16. The van der Waals surface area contributed by atoms with Crippen molar-refractivity contribution in [3.05, 3.63) is 12.5 Å². The molecule has 0 fully saturated rings. The molecule has 0 saturated heterocycles. The number of hydrogen-bond acceptors (Lipinski definition) is 4. The molecule has 0 aliphatic carbocycles. The second-order valence-corrected chi connectivity index (χ2v) is 4.02. The fourth-order valence-electron chi connectivity index (χ4n) is 1.41. The first-order chi connectivity index (χ1) is 8.09. The van der Waals surface area contributed by atoms with Gasteiger partial charge in [0.2, 0.25) is 5.95 Å². The van der Waals surface area contributed by atoms with E-state index >= 15 is 0 Å². The Labute approximate surface area is 103 Å². The summed E-state index contributed by atoms with van der Waals surface area (Å²) in [6, 6.07) is 0.361. The number of aromatic nitrogens is 4. The second kappa shape index (κ2) is 5.61. The molecule has 94 valence electrons. The van der Waals surface area contributed by atoms with Gasteiger partial charge in [-0.2, -0.15) is 4.98 Å². The topological polar surface area (TPSA) is 46.8 Å². The van der Waals surface area contributed by atoms with E-state index in [1.54, 1.807) is 6.20 Å². The molecule has 5 heteroatoms. The standard InChI is InChI=1S/C10H15N5.C2H6/c1-7(2)15-6-12-8-5-11-10(14(3)4)13-9(8)15;1-2/h5-7H,1-4H3;1-2H3. The summed E-state index contributed by atoms with van der Waals surface area (Å²) in [6.45, 7) is 8.22. The highest BCUT2D eigenvalue weighted by atomic mass is 15.2. The van der Waals surface area contributed by atoms with Gasteiger partial charge in [0.25, 0.3) is 0 Å². The molecule has 0 aliphatic rings. The van der Waals surface area contributed by atoms with Crippen LogP contribution in [0.4, 0.5) is 5.95 Å². The SMILES string of the molecule is CC.CC(C)n1cnc2cnc(N(C)C)nc21. The van der Waals surface area contributed by atoms with Crippen LogP contribution in [0, 0.1) is 0 Å². The van der Waals surface area contributed by atoms with Crippen LogP contribution >= 0.6 is 0 Å². The predicted molar refractivity (Wildman–Crippen MR) is 71.4 cm³/mol. The Morgan fingerprint density at radius 2 is 1.82 bits per heavy atom. The van der Waals surface area contributed by atoms with Gasteiger partial charge in [0.1, 0.15) is 5.52 Å². The third-order valence-corrected chi connectivity index (χ3v) is 2.26. The van der Waals surface area contributed by atoms with Gasteiger partial charge in [0, 0.05) is 20.1 Å². The molecule has 2 heterocycles. The van der Waals surface area contributed by atoms with Crippen molar-refractivity contribution in [3.63, 3.8) is 0 Å². The van der Waals surface area contributed by atoms with Crippen LogP contribution < -0.4 is 4.90 Å². The van der Waals surface area contributed by atoms with Crippen molar-refractivity contribution in [1.82, 2.24) is 19.5 Å². The molecular weight excluding hydrogens is 214 g/mol. The monoisotopic (exact) mass is 235 g/mol. The van der Waals surface area contributed by atoms with Crippen molar-refractivity contribution in [3.8, 4) is 0 Å². The minimum Gasteiger partial charge on any atom is -0.347 e. The van der Waals surface area contributed by atoms with Crippen molar-refractivity contribution in [1.29, 1.82) is 0 Å². The first-order valence-corrected chi connectivity index (χ1v) is 5.96. The van der Waals surface area contributed by atoms with Crippen LogP contribution in [0.1, 0.15) is 33.7 Å². The van der Waals surface area contributed by atoms with Gasteiger partial charge >= 0.3 is 0 Å². The summed E-state index contributed by atoms with van der Waals surface area (Å²) in [4.78, 5) is 14.8. The Balaban J connectivity index is 0.000000686. The van der Waals surface area contributed by atoms with Crippen LogP contribution in [0.15, 0.2) is 12.5 Å². The lowest BCUT2D eigenvalue weighted by molar-refractivity contribution is 0.612. The third-order valence-electron chi connectivity index (χ3n) is 2.26. The molecule has 0 N–H and O–H groups in total. The minimum atomic E-state index is 0.361. The van der Waals surface area contributed by atoms with E-state index in [4.69, 9.17) is 0 Å². The van der Waals surface area contributed by atoms with Gasteiger partial charge in [-0.25, -0.2) is 9.97 Å². The van der Waals surface area contributed by atoms with Crippen molar-refractivity contribution in [2.45, 2.75) is 33.7 Å². The van der Waals surface area contributed by atoms with Crippen LogP contribution in [-0.2, 0) is 0 Å². The normalized spacial score (nSPS) is 10.3. The molecule has 0 amide bonds. The molecule has 0 unspecified atom stereocenters. The second-order valence-electron chi connectivity index (χ2n) is 4.02. The lowest BCUT2D eigenvalue weighted by Crippen LogP contribution is -2.13. The zero-order valence-corrected chi connectivity index (χ0v) is 11.5. The Morgan fingerprint density at radius 3 is 2.35 bits per heavy atom. The van der Waals surface area contributed by atoms with Gasteiger partial charge in [0.15, 0.2) is 5.65 Å². The molecule has 2 aromatic heterocycles. The zero-order valence-electron chi connectivity index (χ0n) is 11.5. The zero-order chi connectivity index (χ0) is 13.0. The van der Waals surface area contributed by atoms with Crippen LogP contribution in [0.3, 0.4) is 0 Å². The van der Waals surface area contributed by atoms with Gasteiger partial charge < -0.3 is 9.47 Å². The number of rotatable bonds is 2. The average molecular weight is 235 g/mol. The van der Waals surface area contributed by atoms with E-state index in [2.05, 4.69) is 28.8 Å². The van der Waals surface area contributed by atoms with E-state index in [9.17, 15) is 0 Å². The van der Waals surface area contributed by atoms with Crippen LogP contribution in [0.25, 0.3) is 11.2 Å². The predicted octanol–water partition coefficient (Wildman–Crippen LogP) is 2.50. The quantitative estimate of drug-likeness (QED) is 0.802. The smallest absolute Gasteiger partial charge is 0.226 e. The number of fused-ring (bicyclic) bond motifs is 1. The molecule has 0 aromatic carbocycles. The fourth-order valence-corrected chi connectivity index (χ4v) is 1.41. The Kier molecular flexibility index (Phi) is 4.43. The maximum atomic E-state index is 4.47. The fraction of sp³-hybridized carbons (Fsp3) is 0.583. The van der Waals surface area contributed by atoms with E-state index in [0.717, 1.165) is 11.2 Å². The average Bonchev–Trinajstić information content (AvgIpc) is 2.74. The first kappa shape index (κ1) is 13.4. The summed E-state index contributed by atoms with van der Waals surface area (Å²) in [5.74, 6) is 0.713. The molecule has 17 heavy (non-hydrogen) atoms. The summed E-state index contributed by atoms with van der Waals surface area (Å²) in [5, 5.41) is 0. The molecule has 0 radical (unpaired) electrons. The van der Waals surface area contributed by atoms with Gasteiger partial charge in [-0.05, 0) is 13.8 Å². The lowest BCUT2D eigenvalue weighted by Gasteiger charge is -2.11. The molecule has 2 aromatic rings. The van der Waals surface area contributed by atoms with Crippen LogP contribution in [0.2, 0.25) is 0 Å². The van der Waals surface area contributed by atoms with Gasteiger partial charge in [-0.15, -0.1) is 0 Å². The van der Waals surface area contributed by atoms with E-state index in [1.807, 2.05) is 43.7 Å². The summed E-state index contributed by atoms with van der Waals surface area (Å²) in [7, 11) is 3.86. The molecule has 0 spiro atoms. The Morgan fingerprint density at radius 1 is 1.18 bits per heavy atom. The summed E-state index contributed by atoms with van der Waals surface area (Å²) >= 11 is 0. The van der Waals surface area contributed by atoms with Gasteiger partial charge in [-0.3, -0.25) is 0 Å². The largest absolute Gasteiger partial charge is 0.347 e. The van der Waals surface area contributed by atoms with Gasteiger partial charge in [-0.1, -0.05) is 13.8 Å². The van der Waals surface area contributed by atoms with Crippen LogP contribution in [-0.4, -0.2) is 33.6 Å². The Bertz CT molecular complexity index is 473. The highest BCUT2D eigenvalue weighted by Gasteiger charge is 2.09. The highest BCUT2D eigenvalue weighted by molar-refractivity contribution is 5.71. The number of anilines is 1. The van der Waals surface area contributed by atoms with E-state index in [1.165, 1.54) is 0 Å². The van der Waals surface area contributed by atoms with E-state index in [-0.39, 0.29) is 0 Å². The molecular formula is C12H21N5. The maximum absolute atomic E-state index is 4.47. The third kappa shape index (κ3) is 2.72. The van der Waals surface area contributed by atoms with E-state index in [0.29, 0.717) is 12.0 Å². The van der Waals surface area contributed by atoms with Crippen molar-refractivity contribution in [2.75, 3.05) is 19.0 Å². The van der Waals surface area contributed by atoms with Crippen molar-refractivity contribution in [2.24, 2.45) is 0 Å². The maximum Gasteiger partial charge on any atom is 0.226 e. The van der Waals surface area contributed by atoms with Crippen molar-refractivity contribution < 1.29 is 0 Å². The number of hydrogen-bond donors (Lipinski definition) is 0. The molecule has 0 aliphatic heterocycles. The first-order valence-electron chi connectivity index (χ1n) is 5.96. The summed E-state index contributed by atoms with van der Waals surface area (Å²) in [6.07, 6.45) is 3.57. The van der Waals surface area contributed by atoms with Crippen molar-refractivity contribution >= 4 is 17.1 Å². The van der Waals surface area contributed by atoms with E-state index < -0.39 is 0 Å². The van der Waals surface area contributed by atoms with Gasteiger partial charge in [0.05, 0.1) is 12.5 Å². The molecule has 2 rings (SSSR count). The molecule has 5 nitrogen and oxygen atoms in total. The minimum absolute atomic E-state index is 0.361. The Hall–Kier alpha value is -1.65. The molecule has 0 saturated carbocycles. The summed E-state index contributed by atoms with van der Waals surface area (Å²) < 4.78 is 2.05.